The molecule has 3 heterocycles. The quantitative estimate of drug-likeness (QED) is 0.339. The molecule has 0 saturated carbocycles. The molecule has 1 aromatic carbocycles. The zero-order valence-corrected chi connectivity index (χ0v) is 16.2. The summed E-state index contributed by atoms with van der Waals surface area (Å²) in [5.41, 5.74) is -1.27. The molecule has 2 aliphatic rings. The van der Waals surface area contributed by atoms with E-state index in [1.54, 1.807) is 0 Å². The Balaban J connectivity index is 2.06. The molecule has 27 heavy (non-hydrogen) atoms. The standard InChI is InChI=1S/C16H7BBr2F6N2/c18-13-5-3-11-15(8-1-2-10(20)9(7-8)16(21,22)23)12-4-6-14(19)27(12)17(24,25)26(11)13/h1-7H. The largest absolute Gasteiger partial charge is 0.738 e. The lowest BCUT2D eigenvalue weighted by molar-refractivity contribution is -0.358. The average Bonchev–Trinajstić information content (AvgIpc) is 3.13. The summed E-state index contributed by atoms with van der Waals surface area (Å²) >= 11 is 6.13. The zero-order chi connectivity index (χ0) is 19.7. The maximum Gasteiger partial charge on any atom is 0.738 e. The average molecular weight is 512 g/mol. The molecule has 0 aliphatic carbocycles. The first-order chi connectivity index (χ1) is 12.5. The molecule has 11 heteroatoms. The van der Waals surface area contributed by atoms with Crippen LogP contribution >= 0.6 is 31.9 Å². The van der Waals surface area contributed by atoms with Gasteiger partial charge in [-0.2, -0.15) is 13.2 Å². The minimum Gasteiger partial charge on any atom is -0.389 e. The van der Waals surface area contributed by atoms with Gasteiger partial charge in [0.15, 0.2) is 5.70 Å². The normalized spacial score (nSPS) is 18.2. The molecule has 1 aromatic heterocycles. The number of halogens is 8. The second kappa shape index (κ2) is 5.87. The maximum absolute atomic E-state index is 15.1. The van der Waals surface area contributed by atoms with Crippen LogP contribution in [0.2, 0.25) is 0 Å². The van der Waals surface area contributed by atoms with E-state index in [-0.39, 0.29) is 31.8 Å². The third-order valence-electron chi connectivity index (χ3n) is 4.43. The third-order valence-corrected chi connectivity index (χ3v) is 5.72. The fraction of sp³-hybridized carbons (Fsp3) is 0.0625. The van der Waals surface area contributed by atoms with Gasteiger partial charge in [-0.25, -0.2) is 4.39 Å². The Labute approximate surface area is 165 Å². The molecule has 0 unspecified atom stereocenters. The lowest BCUT2D eigenvalue weighted by atomic mass is 9.86. The van der Waals surface area contributed by atoms with E-state index in [2.05, 4.69) is 31.9 Å². The first kappa shape index (κ1) is 18.6. The fourth-order valence-electron chi connectivity index (χ4n) is 3.33. The molecule has 0 atom stereocenters. The minimum absolute atomic E-state index is 0.0197. The van der Waals surface area contributed by atoms with Crippen LogP contribution in [-0.4, -0.2) is 20.6 Å². The molecule has 0 saturated heterocycles. The summed E-state index contributed by atoms with van der Waals surface area (Å²) in [6, 6.07) is 5.24. The number of nitrogens with zero attached hydrogens (tertiary/aromatic N) is 2. The maximum atomic E-state index is 15.1. The van der Waals surface area contributed by atoms with Gasteiger partial charge in [-0.1, -0.05) is 6.07 Å². The molecule has 140 valence electrons. The van der Waals surface area contributed by atoms with E-state index >= 15 is 8.63 Å². The van der Waals surface area contributed by atoms with Crippen molar-refractivity contribution in [2.24, 2.45) is 0 Å². The molecule has 0 bridgehead atoms. The van der Waals surface area contributed by atoms with Crippen LogP contribution in [0.15, 0.2) is 52.8 Å². The summed E-state index contributed by atoms with van der Waals surface area (Å²) in [6.45, 7) is -4.28. The number of fused-ring (bicyclic) bond motifs is 2. The van der Waals surface area contributed by atoms with Crippen molar-refractivity contribution in [2.45, 2.75) is 6.18 Å². The number of alkyl halides is 3. The number of allylic oxidation sites excluding steroid dienone is 2. The smallest absolute Gasteiger partial charge is 0.389 e. The summed E-state index contributed by atoms with van der Waals surface area (Å²) in [4.78, 5) is 0. The van der Waals surface area contributed by atoms with Crippen LogP contribution in [0.5, 0.6) is 0 Å². The molecule has 0 spiro atoms. The highest BCUT2D eigenvalue weighted by Gasteiger charge is 2.54. The Bertz CT molecular complexity index is 1080. The van der Waals surface area contributed by atoms with Crippen molar-refractivity contribution in [1.29, 1.82) is 0 Å². The number of benzene rings is 1. The third kappa shape index (κ3) is 2.66. The molecule has 4 rings (SSSR count). The van der Waals surface area contributed by atoms with Crippen molar-refractivity contribution in [3.63, 3.8) is 0 Å². The van der Waals surface area contributed by atoms with Crippen LogP contribution in [0, 0.1) is 5.82 Å². The fourth-order valence-corrected chi connectivity index (χ4v) is 4.47. The van der Waals surface area contributed by atoms with Crippen LogP contribution in [0.1, 0.15) is 16.8 Å². The van der Waals surface area contributed by atoms with Gasteiger partial charge >= 0.3 is 13.1 Å². The predicted octanol–water partition coefficient (Wildman–Crippen LogP) is 5.78. The van der Waals surface area contributed by atoms with Crippen molar-refractivity contribution >= 4 is 49.0 Å². The van der Waals surface area contributed by atoms with E-state index in [9.17, 15) is 17.6 Å². The first-order valence-electron chi connectivity index (χ1n) is 7.54. The van der Waals surface area contributed by atoms with Gasteiger partial charge in [-0.15, -0.1) is 0 Å². The van der Waals surface area contributed by atoms with E-state index in [4.69, 9.17) is 0 Å². The summed E-state index contributed by atoms with van der Waals surface area (Å²) < 4.78 is 84.8. The van der Waals surface area contributed by atoms with Gasteiger partial charge in [0.05, 0.1) is 15.7 Å². The molecule has 0 N–H and O–H groups in total. The molecular weight excluding hydrogens is 505 g/mol. The summed E-state index contributed by atoms with van der Waals surface area (Å²) in [5, 5.41) is 0. The molecule has 2 aromatic rings. The Kier molecular flexibility index (Phi) is 4.05. The van der Waals surface area contributed by atoms with Crippen LogP contribution in [0.3, 0.4) is 0 Å². The zero-order valence-electron chi connectivity index (χ0n) is 13.0. The molecule has 2 aliphatic heterocycles. The van der Waals surface area contributed by atoms with Gasteiger partial charge in [0.1, 0.15) is 5.82 Å². The second-order valence-corrected chi connectivity index (χ2v) is 7.60. The van der Waals surface area contributed by atoms with Crippen LogP contribution < -0.4 is 0 Å². The lowest BCUT2D eigenvalue weighted by Gasteiger charge is -2.32. The SMILES string of the molecule is Fc1ccc(C2=C3C=CC(Br)=[N+]3[B-](F)(F)n3c(Br)ccc32)cc1C(F)(F)F. The predicted molar refractivity (Wildman–Crippen MR) is 96.3 cm³/mol. The monoisotopic (exact) mass is 510 g/mol. The van der Waals surface area contributed by atoms with Crippen molar-refractivity contribution in [2.75, 3.05) is 0 Å². The van der Waals surface area contributed by atoms with Crippen molar-refractivity contribution in [1.82, 2.24) is 4.48 Å². The highest BCUT2D eigenvalue weighted by molar-refractivity contribution is 9.18. The lowest BCUT2D eigenvalue weighted by Crippen LogP contribution is -2.50. The molecule has 0 fully saturated rings. The highest BCUT2D eigenvalue weighted by Crippen LogP contribution is 2.43. The Morgan fingerprint density at radius 1 is 1.00 bits per heavy atom. The minimum atomic E-state index is -4.91. The summed E-state index contributed by atoms with van der Waals surface area (Å²) in [6.07, 6.45) is -2.13. The first-order valence-corrected chi connectivity index (χ1v) is 9.13. The van der Waals surface area contributed by atoms with Crippen molar-refractivity contribution in [3.05, 3.63) is 75.4 Å². The number of aromatic nitrogens is 1. The summed E-state index contributed by atoms with van der Waals surface area (Å²) in [7, 11) is 0. The highest BCUT2D eigenvalue weighted by atomic mass is 79.9. The van der Waals surface area contributed by atoms with Gasteiger partial charge in [0.25, 0.3) is 0 Å². The number of rotatable bonds is 1. The van der Waals surface area contributed by atoms with E-state index < -0.39 is 24.5 Å². The number of hydrogen-bond acceptors (Lipinski definition) is 0. The molecular formula is C16H7BBr2F6N2. The molecule has 0 amide bonds. The van der Waals surface area contributed by atoms with Gasteiger partial charge < -0.3 is 17.6 Å². The van der Waals surface area contributed by atoms with E-state index in [0.717, 1.165) is 15.0 Å². The Morgan fingerprint density at radius 3 is 2.37 bits per heavy atom. The molecule has 2 nitrogen and oxygen atoms in total. The van der Waals surface area contributed by atoms with Gasteiger partial charge in [-0.3, -0.25) is 0 Å². The van der Waals surface area contributed by atoms with Gasteiger partial charge in [0.2, 0.25) is 4.62 Å². The Hall–Kier alpha value is -1.75. The van der Waals surface area contributed by atoms with Gasteiger partial charge in [0, 0.05) is 33.8 Å². The van der Waals surface area contributed by atoms with Crippen LogP contribution in [0.4, 0.5) is 26.2 Å². The van der Waals surface area contributed by atoms with Crippen LogP contribution in [-0.2, 0) is 6.18 Å². The van der Waals surface area contributed by atoms with Crippen molar-refractivity contribution < 1.29 is 30.7 Å². The summed E-state index contributed by atoms with van der Waals surface area (Å²) in [5.74, 6) is -1.43. The number of hydrogen-bond donors (Lipinski definition) is 0. The second-order valence-electron chi connectivity index (χ2n) is 5.98. The van der Waals surface area contributed by atoms with E-state index in [1.165, 1.54) is 24.3 Å². The van der Waals surface area contributed by atoms with Gasteiger partial charge in [-0.05, 0) is 45.8 Å². The topological polar surface area (TPSA) is 7.94 Å². The Morgan fingerprint density at radius 2 is 1.70 bits per heavy atom. The van der Waals surface area contributed by atoms with E-state index in [0.29, 0.717) is 12.1 Å². The van der Waals surface area contributed by atoms with Crippen LogP contribution in [0.25, 0.3) is 5.57 Å². The molecule has 0 radical (unpaired) electrons. The van der Waals surface area contributed by atoms with Crippen molar-refractivity contribution in [3.8, 4) is 0 Å². The van der Waals surface area contributed by atoms with E-state index in [1.807, 2.05) is 0 Å².